The van der Waals surface area contributed by atoms with Crippen LogP contribution < -0.4 is 14.2 Å². The summed E-state index contributed by atoms with van der Waals surface area (Å²) in [5, 5.41) is 9.93. The lowest BCUT2D eigenvalue weighted by Crippen LogP contribution is -2.49. The lowest BCUT2D eigenvalue weighted by molar-refractivity contribution is 0.0325. The maximum absolute atomic E-state index is 13.7. The van der Waals surface area contributed by atoms with Gasteiger partial charge in [-0.3, -0.25) is 9.69 Å². The lowest BCUT2D eigenvalue weighted by atomic mass is 9.99. The van der Waals surface area contributed by atoms with E-state index < -0.39 is 0 Å². The van der Waals surface area contributed by atoms with Crippen molar-refractivity contribution < 1.29 is 24.1 Å². The first-order valence-corrected chi connectivity index (χ1v) is 13.3. The van der Waals surface area contributed by atoms with Crippen molar-refractivity contribution in [2.24, 2.45) is 5.92 Å². The molecular formula is C31H35N3O5. The van der Waals surface area contributed by atoms with Crippen LogP contribution in [0.5, 0.6) is 17.4 Å². The average Bonchev–Trinajstić information content (AvgIpc) is 3.42. The van der Waals surface area contributed by atoms with Crippen LogP contribution in [0.3, 0.4) is 0 Å². The van der Waals surface area contributed by atoms with Crippen LogP contribution in [0.2, 0.25) is 0 Å². The molecule has 0 fully saturated rings. The van der Waals surface area contributed by atoms with Crippen molar-refractivity contribution in [3.8, 4) is 17.4 Å². The highest BCUT2D eigenvalue weighted by Crippen LogP contribution is 2.33. The second kappa shape index (κ2) is 11.9. The summed E-state index contributed by atoms with van der Waals surface area (Å²) >= 11 is 0. The van der Waals surface area contributed by atoms with Crippen LogP contribution in [-0.2, 0) is 6.54 Å². The van der Waals surface area contributed by atoms with E-state index in [0.29, 0.717) is 31.1 Å². The molecule has 0 bridgehead atoms. The normalized spacial score (nSPS) is 19.5. The molecule has 0 saturated heterocycles. The molecule has 1 N–H and O–H groups in total. The molecule has 0 radical (unpaired) electrons. The number of hydrogen-bond acceptors (Lipinski definition) is 7. The van der Waals surface area contributed by atoms with E-state index in [-0.39, 0.29) is 37.4 Å². The molecule has 1 aromatic heterocycles. The third-order valence-corrected chi connectivity index (χ3v) is 7.19. The standard InChI is InChI=1S/C31H35N3O5/c1-21-16-34(22(2)19-35)31(36)26-13-24(10-9-23-7-5-4-6-8-23)15-32-30(26)39-29(21)18-33(3)17-25-11-12-27-28(14-25)38-20-37-27/h4-15,21-22,29,35H,16-20H2,1-3H3/b10-9+/t21-,22-,29+/m1/s1. The predicted molar refractivity (Wildman–Crippen MR) is 150 cm³/mol. The van der Waals surface area contributed by atoms with Crippen LogP contribution in [0.1, 0.15) is 40.9 Å². The van der Waals surface area contributed by atoms with Crippen LogP contribution in [0.4, 0.5) is 0 Å². The van der Waals surface area contributed by atoms with Crippen molar-refractivity contribution in [2.75, 3.05) is 33.5 Å². The zero-order valence-corrected chi connectivity index (χ0v) is 22.6. The Labute approximate surface area is 229 Å². The van der Waals surface area contributed by atoms with E-state index >= 15 is 0 Å². The van der Waals surface area contributed by atoms with Gasteiger partial charge in [0.1, 0.15) is 11.7 Å². The number of amides is 1. The molecule has 0 aliphatic carbocycles. The Morgan fingerprint density at radius 3 is 2.67 bits per heavy atom. The summed E-state index contributed by atoms with van der Waals surface area (Å²) in [6.07, 6.45) is 5.43. The molecule has 39 heavy (non-hydrogen) atoms. The molecule has 1 amide bonds. The molecule has 0 unspecified atom stereocenters. The molecule has 3 atom stereocenters. The first kappa shape index (κ1) is 26.7. The highest BCUT2D eigenvalue weighted by atomic mass is 16.7. The van der Waals surface area contributed by atoms with Crippen molar-refractivity contribution in [2.45, 2.75) is 32.5 Å². The van der Waals surface area contributed by atoms with Gasteiger partial charge in [-0.05, 0) is 48.9 Å². The van der Waals surface area contributed by atoms with E-state index in [0.717, 1.165) is 28.2 Å². The van der Waals surface area contributed by atoms with E-state index in [2.05, 4.69) is 16.8 Å². The van der Waals surface area contributed by atoms with Gasteiger partial charge in [0.2, 0.25) is 12.7 Å². The van der Waals surface area contributed by atoms with Crippen molar-refractivity contribution in [1.29, 1.82) is 0 Å². The molecule has 3 aromatic rings. The number of rotatable bonds is 8. The van der Waals surface area contributed by atoms with Gasteiger partial charge in [0.15, 0.2) is 11.5 Å². The first-order valence-electron chi connectivity index (χ1n) is 13.3. The van der Waals surface area contributed by atoms with Gasteiger partial charge in [0, 0.05) is 31.7 Å². The van der Waals surface area contributed by atoms with Gasteiger partial charge >= 0.3 is 0 Å². The molecule has 0 saturated carbocycles. The summed E-state index contributed by atoms with van der Waals surface area (Å²) in [6, 6.07) is 17.4. The van der Waals surface area contributed by atoms with Crippen LogP contribution in [0.15, 0.2) is 60.8 Å². The minimum atomic E-state index is -0.332. The molecule has 2 aliphatic heterocycles. The van der Waals surface area contributed by atoms with Gasteiger partial charge in [-0.25, -0.2) is 4.98 Å². The number of aliphatic hydroxyl groups excluding tert-OH is 1. The van der Waals surface area contributed by atoms with Crippen molar-refractivity contribution >= 4 is 18.1 Å². The highest BCUT2D eigenvalue weighted by Gasteiger charge is 2.34. The number of ether oxygens (including phenoxy) is 3. The zero-order valence-electron chi connectivity index (χ0n) is 22.6. The third kappa shape index (κ3) is 6.24. The molecule has 0 spiro atoms. The second-order valence-electron chi connectivity index (χ2n) is 10.4. The van der Waals surface area contributed by atoms with E-state index in [1.54, 1.807) is 11.1 Å². The Bertz CT molecular complexity index is 1330. The minimum absolute atomic E-state index is 0.00903. The zero-order chi connectivity index (χ0) is 27.4. The molecule has 8 nitrogen and oxygen atoms in total. The highest BCUT2D eigenvalue weighted by molar-refractivity contribution is 5.97. The SMILES string of the molecule is C[C@@H]1CN([C@H](C)CO)C(=O)c2cc(/C=C/c3ccccc3)cnc2O[C@H]1CN(C)Cc1ccc2c(c1)OCO2. The number of aromatic nitrogens is 1. The fourth-order valence-corrected chi connectivity index (χ4v) is 4.91. The average molecular weight is 530 g/mol. The third-order valence-electron chi connectivity index (χ3n) is 7.19. The van der Waals surface area contributed by atoms with E-state index in [4.69, 9.17) is 14.2 Å². The topological polar surface area (TPSA) is 84.4 Å². The Balaban J connectivity index is 1.38. The number of fused-ring (bicyclic) bond motifs is 2. The van der Waals surface area contributed by atoms with Gasteiger partial charge in [-0.2, -0.15) is 0 Å². The number of likely N-dealkylation sites (N-methyl/N-ethyl adjacent to an activating group) is 1. The quantitative estimate of drug-likeness (QED) is 0.465. The fourth-order valence-electron chi connectivity index (χ4n) is 4.91. The molecular weight excluding hydrogens is 494 g/mol. The molecule has 3 heterocycles. The monoisotopic (exact) mass is 529 g/mol. The minimum Gasteiger partial charge on any atom is -0.472 e. The smallest absolute Gasteiger partial charge is 0.259 e. The number of aliphatic hydroxyl groups is 1. The fraction of sp³-hybridized carbons (Fsp3) is 0.355. The Morgan fingerprint density at radius 2 is 1.87 bits per heavy atom. The molecule has 5 rings (SSSR count). The van der Waals surface area contributed by atoms with E-state index in [1.165, 1.54) is 0 Å². The Kier molecular flexibility index (Phi) is 8.14. The van der Waals surface area contributed by atoms with Crippen LogP contribution in [-0.4, -0.2) is 71.5 Å². The number of carbonyl (C=O) groups is 1. The molecule has 2 aliphatic rings. The van der Waals surface area contributed by atoms with Crippen LogP contribution >= 0.6 is 0 Å². The number of hydrogen-bond donors (Lipinski definition) is 1. The van der Waals surface area contributed by atoms with Crippen molar-refractivity contribution in [3.63, 3.8) is 0 Å². The number of pyridine rings is 1. The molecule has 204 valence electrons. The Morgan fingerprint density at radius 1 is 1.10 bits per heavy atom. The number of benzene rings is 2. The summed E-state index contributed by atoms with van der Waals surface area (Å²) in [6.45, 7) is 5.85. The summed E-state index contributed by atoms with van der Waals surface area (Å²) in [5.41, 5.74) is 3.37. The van der Waals surface area contributed by atoms with Gasteiger partial charge in [-0.15, -0.1) is 0 Å². The number of carbonyl (C=O) groups excluding carboxylic acids is 1. The predicted octanol–water partition coefficient (Wildman–Crippen LogP) is 4.33. The Hall–Kier alpha value is -3.88. The van der Waals surface area contributed by atoms with Crippen LogP contribution in [0.25, 0.3) is 12.2 Å². The van der Waals surface area contributed by atoms with Gasteiger partial charge < -0.3 is 24.2 Å². The van der Waals surface area contributed by atoms with Crippen molar-refractivity contribution in [3.05, 3.63) is 83.0 Å². The van der Waals surface area contributed by atoms with Gasteiger partial charge in [0.25, 0.3) is 5.91 Å². The largest absolute Gasteiger partial charge is 0.472 e. The lowest BCUT2D eigenvalue weighted by Gasteiger charge is -2.37. The maximum Gasteiger partial charge on any atom is 0.259 e. The van der Waals surface area contributed by atoms with Crippen LogP contribution in [0, 0.1) is 5.92 Å². The second-order valence-corrected chi connectivity index (χ2v) is 10.4. The van der Waals surface area contributed by atoms with E-state index in [1.807, 2.05) is 80.7 Å². The number of nitrogens with zero attached hydrogens (tertiary/aromatic N) is 3. The maximum atomic E-state index is 13.7. The summed E-state index contributed by atoms with van der Waals surface area (Å²) in [7, 11) is 2.05. The van der Waals surface area contributed by atoms with Gasteiger partial charge in [-0.1, -0.05) is 55.5 Å². The van der Waals surface area contributed by atoms with Gasteiger partial charge in [0.05, 0.1) is 12.6 Å². The summed E-state index contributed by atoms with van der Waals surface area (Å²) in [4.78, 5) is 22.2. The van der Waals surface area contributed by atoms with Crippen molar-refractivity contribution in [1.82, 2.24) is 14.8 Å². The summed E-state index contributed by atoms with van der Waals surface area (Å²) < 4.78 is 17.4. The first-order chi connectivity index (χ1) is 18.9. The van der Waals surface area contributed by atoms with E-state index in [9.17, 15) is 9.90 Å². The summed E-state index contributed by atoms with van der Waals surface area (Å²) in [5.74, 6) is 1.67. The molecule has 8 heteroatoms. The molecule has 2 aromatic carbocycles.